The normalized spacial score (nSPS) is 15.9. The Morgan fingerprint density at radius 1 is 1.30 bits per heavy atom. The zero-order chi connectivity index (χ0) is 8.36. The highest BCUT2D eigenvalue weighted by atomic mass is 19.4. The van der Waals surface area contributed by atoms with Crippen LogP contribution in [0.15, 0.2) is 0 Å². The summed E-state index contributed by atoms with van der Waals surface area (Å²) >= 11 is 0. The summed E-state index contributed by atoms with van der Waals surface area (Å²) in [5, 5.41) is 0. The zero-order valence-electron chi connectivity index (χ0n) is 6.20. The van der Waals surface area contributed by atoms with Crippen LogP contribution in [0.25, 0.3) is 0 Å². The van der Waals surface area contributed by atoms with Gasteiger partial charge in [0.05, 0.1) is 5.92 Å². The molecule has 0 aromatic carbocycles. The molecule has 0 aliphatic rings. The summed E-state index contributed by atoms with van der Waals surface area (Å²) in [6, 6.07) is 0. The fourth-order valence-corrected chi connectivity index (χ4v) is 0.703. The number of alkyl halides is 3. The standard InChI is InChI=1S/C7H12F3/c1-5(2)4-6(3)7(8,9)10/h5-6H,3-4H2,1-2H3. The van der Waals surface area contributed by atoms with Gasteiger partial charge in [-0.3, -0.25) is 0 Å². The van der Waals surface area contributed by atoms with E-state index in [1.807, 2.05) is 0 Å². The van der Waals surface area contributed by atoms with Gasteiger partial charge in [0.1, 0.15) is 0 Å². The van der Waals surface area contributed by atoms with Gasteiger partial charge in [-0.05, 0) is 19.3 Å². The number of hydrogen-bond donors (Lipinski definition) is 0. The molecule has 10 heavy (non-hydrogen) atoms. The zero-order valence-corrected chi connectivity index (χ0v) is 6.20. The maximum Gasteiger partial charge on any atom is 0.391 e. The van der Waals surface area contributed by atoms with E-state index in [-0.39, 0.29) is 12.3 Å². The lowest BCUT2D eigenvalue weighted by atomic mass is 9.99. The third-order valence-electron chi connectivity index (χ3n) is 1.22. The molecule has 0 fully saturated rings. The molecule has 0 heterocycles. The molecule has 0 aliphatic carbocycles. The van der Waals surface area contributed by atoms with Crippen LogP contribution >= 0.6 is 0 Å². The Bertz CT molecular complexity index is 93.5. The lowest BCUT2D eigenvalue weighted by Crippen LogP contribution is -2.21. The summed E-state index contributed by atoms with van der Waals surface area (Å²) in [5.74, 6) is -1.35. The number of rotatable bonds is 2. The fraction of sp³-hybridized carbons (Fsp3) is 0.857. The number of hydrogen-bond acceptors (Lipinski definition) is 0. The van der Waals surface area contributed by atoms with Gasteiger partial charge in [-0.25, -0.2) is 0 Å². The highest BCUT2D eigenvalue weighted by Crippen LogP contribution is 2.29. The summed E-state index contributed by atoms with van der Waals surface area (Å²) in [6.07, 6.45) is -4.01. The van der Waals surface area contributed by atoms with E-state index in [0.717, 1.165) is 0 Å². The van der Waals surface area contributed by atoms with Crippen molar-refractivity contribution in [3.05, 3.63) is 6.92 Å². The monoisotopic (exact) mass is 153 g/mol. The minimum absolute atomic E-state index is 0.0594. The van der Waals surface area contributed by atoms with Crippen LogP contribution in [-0.2, 0) is 0 Å². The minimum Gasteiger partial charge on any atom is -0.171 e. The molecule has 0 saturated heterocycles. The molecule has 0 rings (SSSR count). The van der Waals surface area contributed by atoms with Crippen LogP contribution < -0.4 is 0 Å². The maximum atomic E-state index is 11.7. The number of halogens is 3. The predicted molar refractivity (Wildman–Crippen MR) is 34.4 cm³/mol. The van der Waals surface area contributed by atoms with E-state index in [0.29, 0.717) is 0 Å². The minimum atomic E-state index is -4.12. The van der Waals surface area contributed by atoms with Crippen LogP contribution in [0, 0.1) is 18.8 Å². The summed E-state index contributed by atoms with van der Waals surface area (Å²) in [6.45, 7) is 6.53. The van der Waals surface area contributed by atoms with Gasteiger partial charge in [-0.15, -0.1) is 0 Å². The van der Waals surface area contributed by atoms with E-state index in [2.05, 4.69) is 6.92 Å². The fourth-order valence-electron chi connectivity index (χ4n) is 0.703. The van der Waals surface area contributed by atoms with E-state index in [1.165, 1.54) is 0 Å². The second kappa shape index (κ2) is 3.26. The predicted octanol–water partition coefficient (Wildman–Crippen LogP) is 3.05. The van der Waals surface area contributed by atoms with Gasteiger partial charge >= 0.3 is 6.18 Å². The van der Waals surface area contributed by atoms with Crippen molar-refractivity contribution >= 4 is 0 Å². The SMILES string of the molecule is [CH2]C(CC(C)C)C(F)(F)F. The molecular weight excluding hydrogens is 141 g/mol. The summed E-state index contributed by atoms with van der Waals surface area (Å²) in [7, 11) is 0. The molecule has 0 bridgehead atoms. The highest BCUT2D eigenvalue weighted by Gasteiger charge is 2.35. The van der Waals surface area contributed by atoms with Crippen molar-refractivity contribution in [1.82, 2.24) is 0 Å². The molecule has 0 amide bonds. The summed E-state index contributed by atoms with van der Waals surface area (Å²) in [4.78, 5) is 0. The molecular formula is C7H12F3. The van der Waals surface area contributed by atoms with Gasteiger partial charge in [0.2, 0.25) is 0 Å². The third-order valence-corrected chi connectivity index (χ3v) is 1.22. The average molecular weight is 153 g/mol. The molecule has 61 valence electrons. The molecule has 1 radical (unpaired) electrons. The Morgan fingerprint density at radius 2 is 1.70 bits per heavy atom. The molecule has 1 unspecified atom stereocenters. The molecule has 0 saturated carbocycles. The van der Waals surface area contributed by atoms with Gasteiger partial charge < -0.3 is 0 Å². The second-order valence-corrected chi connectivity index (χ2v) is 2.87. The van der Waals surface area contributed by atoms with Gasteiger partial charge in [0.25, 0.3) is 0 Å². The Labute approximate surface area is 59.4 Å². The molecule has 0 N–H and O–H groups in total. The van der Waals surface area contributed by atoms with Crippen molar-refractivity contribution < 1.29 is 13.2 Å². The Balaban J connectivity index is 3.73. The molecule has 0 spiro atoms. The topological polar surface area (TPSA) is 0 Å². The van der Waals surface area contributed by atoms with Gasteiger partial charge in [0.15, 0.2) is 0 Å². The van der Waals surface area contributed by atoms with Crippen LogP contribution in [0.1, 0.15) is 20.3 Å². The largest absolute Gasteiger partial charge is 0.391 e. The van der Waals surface area contributed by atoms with Crippen molar-refractivity contribution in [1.29, 1.82) is 0 Å². The summed E-state index contributed by atoms with van der Waals surface area (Å²) in [5.41, 5.74) is 0. The molecule has 0 nitrogen and oxygen atoms in total. The van der Waals surface area contributed by atoms with Crippen molar-refractivity contribution in [3.8, 4) is 0 Å². The third kappa shape index (κ3) is 3.75. The first-order valence-electron chi connectivity index (χ1n) is 3.24. The lowest BCUT2D eigenvalue weighted by Gasteiger charge is -2.16. The highest BCUT2D eigenvalue weighted by molar-refractivity contribution is 4.70. The maximum absolute atomic E-state index is 11.7. The van der Waals surface area contributed by atoms with Crippen molar-refractivity contribution in [2.24, 2.45) is 11.8 Å². The van der Waals surface area contributed by atoms with Gasteiger partial charge in [-0.2, -0.15) is 13.2 Å². The lowest BCUT2D eigenvalue weighted by molar-refractivity contribution is -0.165. The smallest absolute Gasteiger partial charge is 0.171 e. The van der Waals surface area contributed by atoms with Crippen LogP contribution in [-0.4, -0.2) is 6.18 Å². The van der Waals surface area contributed by atoms with Crippen LogP contribution in [0.2, 0.25) is 0 Å². The first-order valence-corrected chi connectivity index (χ1v) is 3.24. The van der Waals surface area contributed by atoms with E-state index < -0.39 is 12.1 Å². The Kier molecular flexibility index (Phi) is 3.19. The van der Waals surface area contributed by atoms with Crippen molar-refractivity contribution in [2.45, 2.75) is 26.4 Å². The van der Waals surface area contributed by atoms with E-state index in [4.69, 9.17) is 0 Å². The first kappa shape index (κ1) is 9.79. The molecule has 0 aliphatic heterocycles. The average Bonchev–Trinajstić information content (AvgIpc) is 1.60. The molecule has 1 atom stereocenters. The Morgan fingerprint density at radius 3 is 1.80 bits per heavy atom. The molecule has 3 heteroatoms. The second-order valence-electron chi connectivity index (χ2n) is 2.87. The molecule has 0 aromatic heterocycles. The van der Waals surface area contributed by atoms with Crippen LogP contribution in [0.3, 0.4) is 0 Å². The van der Waals surface area contributed by atoms with E-state index in [9.17, 15) is 13.2 Å². The van der Waals surface area contributed by atoms with E-state index >= 15 is 0 Å². The quantitative estimate of drug-likeness (QED) is 0.572. The molecule has 0 aromatic rings. The first-order chi connectivity index (χ1) is 4.34. The van der Waals surface area contributed by atoms with Crippen molar-refractivity contribution in [2.75, 3.05) is 0 Å². The van der Waals surface area contributed by atoms with Crippen LogP contribution in [0.4, 0.5) is 13.2 Å². The van der Waals surface area contributed by atoms with Crippen LogP contribution in [0.5, 0.6) is 0 Å². The van der Waals surface area contributed by atoms with Gasteiger partial charge in [-0.1, -0.05) is 13.8 Å². The summed E-state index contributed by atoms with van der Waals surface area (Å²) < 4.78 is 35.2. The van der Waals surface area contributed by atoms with Gasteiger partial charge in [0, 0.05) is 0 Å². The van der Waals surface area contributed by atoms with E-state index in [1.54, 1.807) is 13.8 Å². The van der Waals surface area contributed by atoms with Crippen molar-refractivity contribution in [3.63, 3.8) is 0 Å². The Hall–Kier alpha value is -0.210.